The van der Waals surface area contributed by atoms with Crippen molar-refractivity contribution in [2.45, 2.75) is 37.1 Å². The van der Waals surface area contributed by atoms with Crippen LogP contribution < -0.4 is 0 Å². The predicted octanol–water partition coefficient (Wildman–Crippen LogP) is 1.40. The predicted molar refractivity (Wildman–Crippen MR) is 55.1 cm³/mol. The van der Waals surface area contributed by atoms with E-state index in [1.165, 1.54) is 12.8 Å². The maximum Gasteiger partial charge on any atom is 0.205 e. The van der Waals surface area contributed by atoms with Gasteiger partial charge in [-0.3, -0.25) is 4.90 Å². The number of rotatable bonds is 4. The molecule has 1 aliphatic carbocycles. The van der Waals surface area contributed by atoms with Crippen LogP contribution in [0, 0.1) is 0 Å². The molecule has 0 aromatic rings. The molecule has 0 spiro atoms. The first kappa shape index (κ1) is 10.1. The molecule has 3 heteroatoms. The van der Waals surface area contributed by atoms with Crippen molar-refractivity contribution in [1.82, 2.24) is 4.90 Å². The topological polar surface area (TPSA) is 21.5 Å². The van der Waals surface area contributed by atoms with Crippen molar-refractivity contribution >= 4 is 0 Å². The first-order valence-corrected chi connectivity index (χ1v) is 5.20. The molecule has 1 fully saturated rings. The molecule has 0 N–H and O–H groups in total. The van der Waals surface area contributed by atoms with E-state index in [4.69, 9.17) is 9.47 Å². The van der Waals surface area contributed by atoms with Gasteiger partial charge < -0.3 is 9.47 Å². The van der Waals surface area contributed by atoms with Gasteiger partial charge in [-0.25, -0.2) is 0 Å². The van der Waals surface area contributed by atoms with E-state index in [1.54, 1.807) is 14.2 Å². The van der Waals surface area contributed by atoms with Gasteiger partial charge in [-0.05, 0) is 19.5 Å². The highest BCUT2D eigenvalue weighted by Gasteiger charge is 2.70. The summed E-state index contributed by atoms with van der Waals surface area (Å²) < 4.78 is 11.0. The minimum absolute atomic E-state index is 0.209. The number of ether oxygens (including phenoxy) is 2. The Morgan fingerprint density at radius 2 is 1.93 bits per heavy atom. The Hall–Kier alpha value is -0.380. The summed E-state index contributed by atoms with van der Waals surface area (Å²) in [6, 6.07) is 0.366. The maximum absolute atomic E-state index is 5.49. The molecule has 3 unspecified atom stereocenters. The lowest BCUT2D eigenvalue weighted by Gasteiger charge is -2.25. The first-order chi connectivity index (χ1) is 6.67. The van der Waals surface area contributed by atoms with Gasteiger partial charge in [-0.1, -0.05) is 19.4 Å². The second-order valence-corrected chi connectivity index (χ2v) is 4.22. The highest BCUT2D eigenvalue weighted by Crippen LogP contribution is 2.56. The standard InChI is InChI=1S/C11H19NO2/c1-5-6-10-7-8-11(13-3,14-4)9(10)12(10)2/h7-9H,5-6H2,1-4H3. The number of hydrogen-bond acceptors (Lipinski definition) is 3. The summed E-state index contributed by atoms with van der Waals surface area (Å²) >= 11 is 0. The molecule has 0 aromatic carbocycles. The van der Waals surface area contributed by atoms with Gasteiger partial charge in [-0.2, -0.15) is 0 Å². The summed E-state index contributed by atoms with van der Waals surface area (Å²) in [6.45, 7) is 2.21. The fraction of sp³-hybridized carbons (Fsp3) is 0.818. The largest absolute Gasteiger partial charge is 0.348 e. The minimum Gasteiger partial charge on any atom is -0.348 e. The van der Waals surface area contributed by atoms with Crippen LogP contribution in [0.25, 0.3) is 0 Å². The monoisotopic (exact) mass is 197 g/mol. The Labute approximate surface area is 85.7 Å². The molecule has 1 saturated heterocycles. The highest BCUT2D eigenvalue weighted by atomic mass is 16.7. The van der Waals surface area contributed by atoms with Crippen LogP contribution in [0.15, 0.2) is 12.2 Å². The van der Waals surface area contributed by atoms with Gasteiger partial charge in [0.25, 0.3) is 0 Å². The fourth-order valence-electron chi connectivity index (χ4n) is 2.91. The van der Waals surface area contributed by atoms with Crippen molar-refractivity contribution in [3.63, 3.8) is 0 Å². The lowest BCUT2D eigenvalue weighted by atomic mass is 10.0. The summed E-state index contributed by atoms with van der Waals surface area (Å²) in [5, 5.41) is 0. The number of likely N-dealkylation sites (N-methyl/N-ethyl adjacent to an activating group) is 1. The number of methoxy groups -OCH3 is 2. The Kier molecular flexibility index (Phi) is 2.21. The molecule has 80 valence electrons. The zero-order valence-corrected chi connectivity index (χ0v) is 9.41. The molecule has 3 atom stereocenters. The van der Waals surface area contributed by atoms with Crippen molar-refractivity contribution in [2.24, 2.45) is 0 Å². The Balaban J connectivity index is 2.21. The van der Waals surface area contributed by atoms with Crippen LogP contribution in [0.2, 0.25) is 0 Å². The molecule has 0 amide bonds. The Morgan fingerprint density at radius 1 is 1.29 bits per heavy atom. The van der Waals surface area contributed by atoms with E-state index in [9.17, 15) is 0 Å². The molecule has 3 nitrogen and oxygen atoms in total. The molecule has 1 heterocycles. The van der Waals surface area contributed by atoms with E-state index in [0.717, 1.165) is 0 Å². The van der Waals surface area contributed by atoms with Crippen LogP contribution in [0.3, 0.4) is 0 Å². The van der Waals surface area contributed by atoms with E-state index in [-0.39, 0.29) is 5.54 Å². The summed E-state index contributed by atoms with van der Waals surface area (Å²) in [6.07, 6.45) is 6.68. The smallest absolute Gasteiger partial charge is 0.205 e. The second kappa shape index (κ2) is 3.05. The number of nitrogens with zero attached hydrogens (tertiary/aromatic N) is 1. The van der Waals surface area contributed by atoms with Crippen molar-refractivity contribution in [3.8, 4) is 0 Å². The van der Waals surface area contributed by atoms with Gasteiger partial charge in [0.2, 0.25) is 5.79 Å². The maximum atomic E-state index is 5.49. The SMILES string of the molecule is CCCC12C=CC(OC)(OC)C1N2C. The van der Waals surface area contributed by atoms with Gasteiger partial charge in [0, 0.05) is 14.2 Å². The molecule has 0 saturated carbocycles. The third kappa shape index (κ3) is 0.977. The van der Waals surface area contributed by atoms with Crippen LogP contribution in [-0.4, -0.2) is 43.5 Å². The third-order valence-corrected chi connectivity index (χ3v) is 3.72. The van der Waals surface area contributed by atoms with Gasteiger partial charge >= 0.3 is 0 Å². The van der Waals surface area contributed by atoms with E-state index >= 15 is 0 Å². The third-order valence-electron chi connectivity index (χ3n) is 3.72. The van der Waals surface area contributed by atoms with Crippen molar-refractivity contribution in [2.75, 3.05) is 21.3 Å². The molecule has 0 bridgehead atoms. The number of hydrogen-bond donors (Lipinski definition) is 0. The summed E-state index contributed by atoms with van der Waals surface area (Å²) in [4.78, 5) is 2.34. The molecule has 0 aromatic heterocycles. The fourth-order valence-corrected chi connectivity index (χ4v) is 2.91. The summed E-state index contributed by atoms with van der Waals surface area (Å²) in [5.41, 5.74) is 0.209. The molecule has 2 aliphatic rings. The normalized spacial score (nSPS) is 42.6. The molecular formula is C11H19NO2. The molecule has 1 aliphatic heterocycles. The van der Waals surface area contributed by atoms with Crippen molar-refractivity contribution in [3.05, 3.63) is 12.2 Å². The Morgan fingerprint density at radius 3 is 2.36 bits per heavy atom. The van der Waals surface area contributed by atoms with Gasteiger partial charge in [0.05, 0.1) is 11.6 Å². The van der Waals surface area contributed by atoms with Crippen LogP contribution >= 0.6 is 0 Å². The van der Waals surface area contributed by atoms with Crippen LogP contribution in [0.4, 0.5) is 0 Å². The molecule has 2 rings (SSSR count). The first-order valence-electron chi connectivity index (χ1n) is 5.20. The van der Waals surface area contributed by atoms with Gasteiger partial charge in [-0.15, -0.1) is 0 Å². The number of fused-ring (bicyclic) bond motifs is 1. The van der Waals surface area contributed by atoms with Gasteiger partial charge in [0.15, 0.2) is 0 Å². The lowest BCUT2D eigenvalue weighted by molar-refractivity contribution is -0.173. The van der Waals surface area contributed by atoms with Crippen molar-refractivity contribution < 1.29 is 9.47 Å². The lowest BCUT2D eigenvalue weighted by Crippen LogP contribution is -2.38. The minimum atomic E-state index is -0.510. The van der Waals surface area contributed by atoms with E-state index in [0.29, 0.717) is 6.04 Å². The molecule has 0 radical (unpaired) electrons. The van der Waals surface area contributed by atoms with E-state index in [2.05, 4.69) is 31.0 Å². The second-order valence-electron chi connectivity index (χ2n) is 4.22. The Bertz CT molecular complexity index is 260. The van der Waals surface area contributed by atoms with Crippen molar-refractivity contribution in [1.29, 1.82) is 0 Å². The molecule has 14 heavy (non-hydrogen) atoms. The van der Waals surface area contributed by atoms with Gasteiger partial charge in [0.1, 0.15) is 0 Å². The molecular weight excluding hydrogens is 178 g/mol. The average molecular weight is 197 g/mol. The van der Waals surface area contributed by atoms with Crippen LogP contribution in [0.5, 0.6) is 0 Å². The summed E-state index contributed by atoms with van der Waals surface area (Å²) in [5.74, 6) is -0.510. The zero-order valence-electron chi connectivity index (χ0n) is 9.41. The quantitative estimate of drug-likeness (QED) is 0.386. The average Bonchev–Trinajstić information content (AvgIpc) is 2.65. The summed E-state index contributed by atoms with van der Waals surface area (Å²) in [7, 11) is 5.56. The zero-order chi connectivity index (χ0) is 10.4. The van der Waals surface area contributed by atoms with Crippen LogP contribution in [-0.2, 0) is 9.47 Å². The van der Waals surface area contributed by atoms with E-state index in [1.807, 2.05) is 0 Å². The highest BCUT2D eigenvalue weighted by molar-refractivity contribution is 5.39. The van der Waals surface area contributed by atoms with E-state index < -0.39 is 5.79 Å². The van der Waals surface area contributed by atoms with Crippen LogP contribution in [0.1, 0.15) is 19.8 Å².